The second-order valence-corrected chi connectivity index (χ2v) is 7.19. The van der Waals surface area contributed by atoms with E-state index in [1.165, 1.54) is 0 Å². The summed E-state index contributed by atoms with van der Waals surface area (Å²) in [7, 11) is 0. The smallest absolute Gasteiger partial charge is 0.255 e. The van der Waals surface area contributed by atoms with E-state index in [9.17, 15) is 9.59 Å². The first-order valence-electron chi connectivity index (χ1n) is 9.22. The summed E-state index contributed by atoms with van der Waals surface area (Å²) < 4.78 is 6.23. The van der Waals surface area contributed by atoms with Gasteiger partial charge in [0, 0.05) is 16.6 Å². The standard InChI is InChI=1S/C23H21BrN2O3/c1-2-29-19-12-10-16(11-13-19)15-25-23(28)20-8-3-4-9-21(20)26-22(27)17-6-5-7-18(24)14-17/h3-14H,2,15H2,1H3,(H,25,28)(H,26,27). The van der Waals surface area contributed by atoms with E-state index in [0.29, 0.717) is 30.0 Å². The fourth-order valence-electron chi connectivity index (χ4n) is 2.76. The van der Waals surface area contributed by atoms with Crippen molar-refractivity contribution >= 4 is 33.4 Å². The minimum Gasteiger partial charge on any atom is -0.494 e. The average molecular weight is 453 g/mol. The van der Waals surface area contributed by atoms with Crippen LogP contribution in [-0.2, 0) is 6.54 Å². The van der Waals surface area contributed by atoms with Crippen LogP contribution in [0.5, 0.6) is 5.75 Å². The summed E-state index contributed by atoms with van der Waals surface area (Å²) in [6.07, 6.45) is 0. The van der Waals surface area contributed by atoms with Gasteiger partial charge in [-0.1, -0.05) is 46.3 Å². The molecule has 0 aliphatic heterocycles. The van der Waals surface area contributed by atoms with Gasteiger partial charge < -0.3 is 15.4 Å². The summed E-state index contributed by atoms with van der Waals surface area (Å²) in [6, 6.07) is 21.6. The van der Waals surface area contributed by atoms with Gasteiger partial charge in [0.15, 0.2) is 0 Å². The number of halogens is 1. The lowest BCUT2D eigenvalue weighted by molar-refractivity contribution is 0.0952. The zero-order valence-corrected chi connectivity index (χ0v) is 17.5. The average Bonchev–Trinajstić information content (AvgIpc) is 2.73. The number of ether oxygens (including phenoxy) is 1. The van der Waals surface area contributed by atoms with Crippen molar-refractivity contribution in [2.45, 2.75) is 13.5 Å². The van der Waals surface area contributed by atoms with Crippen molar-refractivity contribution in [2.75, 3.05) is 11.9 Å². The highest BCUT2D eigenvalue weighted by Crippen LogP contribution is 2.18. The molecule has 3 aromatic carbocycles. The highest BCUT2D eigenvalue weighted by Gasteiger charge is 2.14. The van der Waals surface area contributed by atoms with Gasteiger partial charge >= 0.3 is 0 Å². The van der Waals surface area contributed by atoms with Gasteiger partial charge in [0.05, 0.1) is 17.9 Å². The predicted octanol–water partition coefficient (Wildman–Crippen LogP) is 5.03. The minimum atomic E-state index is -0.280. The van der Waals surface area contributed by atoms with E-state index in [2.05, 4.69) is 26.6 Å². The normalized spacial score (nSPS) is 10.3. The van der Waals surface area contributed by atoms with Crippen LogP contribution in [0.4, 0.5) is 5.69 Å². The molecule has 3 rings (SSSR count). The lowest BCUT2D eigenvalue weighted by Gasteiger charge is -2.12. The summed E-state index contributed by atoms with van der Waals surface area (Å²) in [5, 5.41) is 5.71. The molecule has 0 bridgehead atoms. The summed E-state index contributed by atoms with van der Waals surface area (Å²) >= 11 is 3.36. The maximum atomic E-state index is 12.7. The molecule has 5 nitrogen and oxygen atoms in total. The number of hydrogen-bond acceptors (Lipinski definition) is 3. The van der Waals surface area contributed by atoms with Crippen molar-refractivity contribution in [3.63, 3.8) is 0 Å². The first-order valence-corrected chi connectivity index (χ1v) is 10.0. The van der Waals surface area contributed by atoms with Gasteiger partial charge in [-0.15, -0.1) is 0 Å². The minimum absolute atomic E-state index is 0.260. The molecule has 0 unspecified atom stereocenters. The van der Waals surface area contributed by atoms with Crippen LogP contribution >= 0.6 is 15.9 Å². The van der Waals surface area contributed by atoms with Crippen LogP contribution in [0.15, 0.2) is 77.3 Å². The second-order valence-electron chi connectivity index (χ2n) is 6.27. The quantitative estimate of drug-likeness (QED) is 0.528. The lowest BCUT2D eigenvalue weighted by atomic mass is 10.1. The molecule has 0 aliphatic carbocycles. The number of benzene rings is 3. The van der Waals surface area contributed by atoms with Crippen LogP contribution in [0, 0.1) is 0 Å². The van der Waals surface area contributed by atoms with E-state index < -0.39 is 0 Å². The van der Waals surface area contributed by atoms with Crippen LogP contribution in [0.1, 0.15) is 33.2 Å². The number of nitrogens with one attached hydrogen (secondary N) is 2. The SMILES string of the molecule is CCOc1ccc(CNC(=O)c2ccccc2NC(=O)c2cccc(Br)c2)cc1. The van der Waals surface area contributed by atoms with E-state index in [0.717, 1.165) is 15.8 Å². The molecule has 0 saturated heterocycles. The third kappa shape index (κ3) is 5.68. The molecule has 6 heteroatoms. The number of anilines is 1. The molecule has 148 valence electrons. The topological polar surface area (TPSA) is 67.4 Å². The molecule has 0 fully saturated rings. The molecular weight excluding hydrogens is 432 g/mol. The Bertz CT molecular complexity index is 1000. The first-order chi connectivity index (χ1) is 14.1. The Labute approximate surface area is 178 Å². The monoisotopic (exact) mass is 452 g/mol. The molecule has 0 radical (unpaired) electrons. The molecule has 0 saturated carbocycles. The Morgan fingerprint density at radius 3 is 2.41 bits per heavy atom. The van der Waals surface area contributed by atoms with Gasteiger partial charge in [-0.25, -0.2) is 0 Å². The molecule has 3 aromatic rings. The number of para-hydroxylation sites is 1. The van der Waals surface area contributed by atoms with E-state index in [1.807, 2.05) is 37.3 Å². The van der Waals surface area contributed by atoms with Crippen LogP contribution in [0.3, 0.4) is 0 Å². The zero-order chi connectivity index (χ0) is 20.6. The molecule has 0 aromatic heterocycles. The number of carbonyl (C=O) groups excluding carboxylic acids is 2. The van der Waals surface area contributed by atoms with Gasteiger partial charge in [0.2, 0.25) is 0 Å². The fraction of sp³-hybridized carbons (Fsp3) is 0.130. The van der Waals surface area contributed by atoms with Crippen LogP contribution in [-0.4, -0.2) is 18.4 Å². The Morgan fingerprint density at radius 1 is 0.931 bits per heavy atom. The van der Waals surface area contributed by atoms with Crippen molar-refractivity contribution in [2.24, 2.45) is 0 Å². The van der Waals surface area contributed by atoms with Gasteiger partial charge in [0.1, 0.15) is 5.75 Å². The lowest BCUT2D eigenvalue weighted by Crippen LogP contribution is -2.24. The summed E-state index contributed by atoms with van der Waals surface area (Å²) in [6.45, 7) is 2.92. The van der Waals surface area contributed by atoms with Gasteiger partial charge in [-0.05, 0) is 55.0 Å². The van der Waals surface area contributed by atoms with Gasteiger partial charge in [-0.2, -0.15) is 0 Å². The number of hydrogen-bond donors (Lipinski definition) is 2. The largest absolute Gasteiger partial charge is 0.494 e. The highest BCUT2D eigenvalue weighted by atomic mass is 79.9. The predicted molar refractivity (Wildman–Crippen MR) is 117 cm³/mol. The van der Waals surface area contributed by atoms with Crippen LogP contribution < -0.4 is 15.4 Å². The molecule has 0 heterocycles. The van der Waals surface area contributed by atoms with Crippen molar-refractivity contribution in [1.82, 2.24) is 5.32 Å². The Kier molecular flexibility index (Phi) is 7.03. The Hall–Kier alpha value is -3.12. The number of carbonyl (C=O) groups is 2. The molecule has 2 amide bonds. The molecule has 2 N–H and O–H groups in total. The van der Waals surface area contributed by atoms with Crippen molar-refractivity contribution in [1.29, 1.82) is 0 Å². The van der Waals surface area contributed by atoms with Crippen LogP contribution in [0.2, 0.25) is 0 Å². The first kappa shape index (κ1) is 20.6. The molecular formula is C23H21BrN2O3. The number of amides is 2. The molecule has 29 heavy (non-hydrogen) atoms. The maximum Gasteiger partial charge on any atom is 0.255 e. The van der Waals surface area contributed by atoms with Crippen LogP contribution in [0.25, 0.3) is 0 Å². The Balaban J connectivity index is 1.67. The summed E-state index contributed by atoms with van der Waals surface area (Å²) in [4.78, 5) is 25.2. The molecule has 0 aliphatic rings. The Morgan fingerprint density at radius 2 is 1.69 bits per heavy atom. The zero-order valence-electron chi connectivity index (χ0n) is 15.9. The van der Waals surface area contributed by atoms with E-state index >= 15 is 0 Å². The van der Waals surface area contributed by atoms with Gasteiger partial charge in [-0.3, -0.25) is 9.59 Å². The van der Waals surface area contributed by atoms with Crippen molar-refractivity contribution in [3.8, 4) is 5.75 Å². The van der Waals surface area contributed by atoms with Crippen molar-refractivity contribution in [3.05, 3.63) is 94.0 Å². The van der Waals surface area contributed by atoms with Crippen molar-refractivity contribution < 1.29 is 14.3 Å². The number of rotatable bonds is 7. The summed E-state index contributed by atoms with van der Waals surface area (Å²) in [5.41, 5.74) is 2.32. The molecule has 0 spiro atoms. The second kappa shape index (κ2) is 9.89. The van der Waals surface area contributed by atoms with E-state index in [4.69, 9.17) is 4.74 Å². The third-order valence-electron chi connectivity index (χ3n) is 4.19. The highest BCUT2D eigenvalue weighted by molar-refractivity contribution is 9.10. The maximum absolute atomic E-state index is 12.7. The van der Waals surface area contributed by atoms with Gasteiger partial charge in [0.25, 0.3) is 11.8 Å². The summed E-state index contributed by atoms with van der Waals surface area (Å²) in [5.74, 6) is 0.255. The van der Waals surface area contributed by atoms with E-state index in [-0.39, 0.29) is 11.8 Å². The molecule has 0 atom stereocenters. The van der Waals surface area contributed by atoms with E-state index in [1.54, 1.807) is 42.5 Å². The third-order valence-corrected chi connectivity index (χ3v) is 4.69. The fourth-order valence-corrected chi connectivity index (χ4v) is 3.16.